The van der Waals surface area contributed by atoms with Crippen LogP contribution in [0.25, 0.3) is 0 Å². The fourth-order valence-corrected chi connectivity index (χ4v) is 4.74. The summed E-state index contributed by atoms with van der Waals surface area (Å²) < 4.78 is 55.7. The maximum Gasteiger partial charge on any atom is 0.332 e. The van der Waals surface area contributed by atoms with Crippen molar-refractivity contribution in [3.8, 4) is 0 Å². The van der Waals surface area contributed by atoms with E-state index in [-0.39, 0.29) is 25.5 Å². The molecule has 0 rings (SSSR count). The summed E-state index contributed by atoms with van der Waals surface area (Å²) in [5.74, 6) is 0. The molecule has 24 heavy (non-hydrogen) atoms. The second-order valence-electron chi connectivity index (χ2n) is 4.56. The van der Waals surface area contributed by atoms with E-state index in [4.69, 9.17) is 27.6 Å². The Balaban J connectivity index is 3.79. The zero-order valence-electron chi connectivity index (χ0n) is 15.2. The van der Waals surface area contributed by atoms with E-state index in [9.17, 15) is 9.13 Å². The van der Waals surface area contributed by atoms with Crippen molar-refractivity contribution in [2.75, 3.05) is 65.2 Å². The van der Waals surface area contributed by atoms with Gasteiger partial charge in [-0.05, 0) is 27.7 Å². The van der Waals surface area contributed by atoms with E-state index in [1.165, 1.54) is 0 Å². The minimum Gasteiger partial charge on any atom is -0.378 e. The van der Waals surface area contributed by atoms with Crippen LogP contribution in [0.15, 0.2) is 0 Å². The van der Waals surface area contributed by atoms with Crippen molar-refractivity contribution < 1.29 is 36.7 Å². The van der Waals surface area contributed by atoms with Crippen LogP contribution in [0.3, 0.4) is 0 Å². The molecule has 0 aromatic rings. The van der Waals surface area contributed by atoms with Gasteiger partial charge in [-0.25, -0.2) is 0 Å². The summed E-state index contributed by atoms with van der Waals surface area (Å²) in [6.45, 7) is 9.60. The van der Waals surface area contributed by atoms with E-state index in [0.717, 1.165) is 0 Å². The van der Waals surface area contributed by atoms with Crippen LogP contribution in [0.2, 0.25) is 0 Å². The van der Waals surface area contributed by atoms with E-state index in [0.29, 0.717) is 39.6 Å². The van der Waals surface area contributed by atoms with Crippen LogP contribution < -0.4 is 0 Å². The quantitative estimate of drug-likeness (QED) is 0.275. The highest BCUT2D eigenvalue weighted by atomic mass is 31.2. The molecular weight excluding hydrogens is 358 g/mol. The molecular formula is C14H32O8P2. The van der Waals surface area contributed by atoms with E-state index in [1.54, 1.807) is 27.7 Å². The number of hydrogen-bond acceptors (Lipinski definition) is 8. The average Bonchev–Trinajstić information content (AvgIpc) is 2.51. The minimum atomic E-state index is -3.05. The van der Waals surface area contributed by atoms with Gasteiger partial charge in [0.25, 0.3) is 0 Å². The predicted molar refractivity (Wildman–Crippen MR) is 93.1 cm³/mol. The Morgan fingerprint density at radius 3 is 1.08 bits per heavy atom. The lowest BCUT2D eigenvalue weighted by Crippen LogP contribution is -2.12. The van der Waals surface area contributed by atoms with E-state index in [1.807, 2.05) is 0 Å². The Labute approximate surface area is 145 Å². The van der Waals surface area contributed by atoms with Crippen LogP contribution in [0.1, 0.15) is 27.7 Å². The summed E-state index contributed by atoms with van der Waals surface area (Å²) in [7, 11) is -6.11. The molecule has 0 amide bonds. The van der Waals surface area contributed by atoms with Gasteiger partial charge >= 0.3 is 15.2 Å². The van der Waals surface area contributed by atoms with Crippen LogP contribution >= 0.6 is 15.2 Å². The van der Waals surface area contributed by atoms with Crippen LogP contribution in [-0.4, -0.2) is 65.2 Å². The van der Waals surface area contributed by atoms with Crippen molar-refractivity contribution in [1.82, 2.24) is 0 Å². The maximum atomic E-state index is 12.2. The van der Waals surface area contributed by atoms with Gasteiger partial charge in [0.05, 0.1) is 65.2 Å². The highest BCUT2D eigenvalue weighted by Gasteiger charge is 2.23. The third-order valence-corrected chi connectivity index (χ3v) is 6.76. The number of ether oxygens (including phenoxy) is 2. The molecule has 0 aliphatic heterocycles. The lowest BCUT2D eigenvalue weighted by atomic mass is 10.7. The van der Waals surface area contributed by atoms with Crippen molar-refractivity contribution >= 4 is 15.2 Å². The molecule has 0 N–H and O–H groups in total. The van der Waals surface area contributed by atoms with Crippen molar-refractivity contribution in [3.05, 3.63) is 0 Å². The van der Waals surface area contributed by atoms with Crippen molar-refractivity contribution in [3.63, 3.8) is 0 Å². The zero-order valence-corrected chi connectivity index (χ0v) is 17.0. The van der Waals surface area contributed by atoms with E-state index >= 15 is 0 Å². The maximum absolute atomic E-state index is 12.2. The third-order valence-electron chi connectivity index (χ3n) is 2.69. The monoisotopic (exact) mass is 390 g/mol. The standard InChI is InChI=1S/C14H32O8P2/c1-5-19-23(15,20-6-2)13-11-17-9-10-18-12-14-24(16,21-7-3)22-8-4/h5-14H2,1-4H3. The molecule has 0 atom stereocenters. The summed E-state index contributed by atoms with van der Waals surface area (Å²) >= 11 is 0. The molecule has 0 aliphatic carbocycles. The molecule has 0 heterocycles. The molecule has 0 unspecified atom stereocenters. The molecule has 0 fully saturated rings. The van der Waals surface area contributed by atoms with Crippen LogP contribution in [0, 0.1) is 0 Å². The van der Waals surface area contributed by atoms with Crippen LogP contribution in [0.5, 0.6) is 0 Å². The molecule has 8 nitrogen and oxygen atoms in total. The molecule has 0 aromatic heterocycles. The fraction of sp³-hybridized carbons (Fsp3) is 1.00. The number of hydrogen-bond donors (Lipinski definition) is 0. The Morgan fingerprint density at radius 1 is 0.542 bits per heavy atom. The normalized spacial score (nSPS) is 12.7. The SMILES string of the molecule is CCOP(=O)(CCOCCOCCP(=O)(OCC)OCC)OCC. The van der Waals surface area contributed by atoms with Crippen molar-refractivity contribution in [1.29, 1.82) is 0 Å². The Hall–Kier alpha value is 0.220. The smallest absolute Gasteiger partial charge is 0.332 e. The first kappa shape index (κ1) is 24.2. The first-order valence-electron chi connectivity index (χ1n) is 8.37. The topological polar surface area (TPSA) is 89.5 Å². The molecule has 0 saturated heterocycles. The summed E-state index contributed by atoms with van der Waals surface area (Å²) in [6, 6.07) is 0. The fourth-order valence-electron chi connectivity index (χ4n) is 1.79. The highest BCUT2D eigenvalue weighted by molar-refractivity contribution is 7.54. The largest absolute Gasteiger partial charge is 0.378 e. The average molecular weight is 390 g/mol. The first-order valence-corrected chi connectivity index (χ1v) is 11.8. The van der Waals surface area contributed by atoms with Gasteiger partial charge in [0, 0.05) is 0 Å². The summed E-state index contributed by atoms with van der Waals surface area (Å²) in [5, 5.41) is 0. The minimum absolute atomic E-state index is 0.207. The third kappa shape index (κ3) is 11.7. The molecule has 0 saturated carbocycles. The van der Waals surface area contributed by atoms with Crippen LogP contribution in [-0.2, 0) is 36.7 Å². The molecule has 0 aliphatic rings. The molecule has 146 valence electrons. The second kappa shape index (κ2) is 14.4. The van der Waals surface area contributed by atoms with Crippen molar-refractivity contribution in [2.24, 2.45) is 0 Å². The van der Waals surface area contributed by atoms with Gasteiger partial charge in [0.1, 0.15) is 0 Å². The lowest BCUT2D eigenvalue weighted by molar-refractivity contribution is 0.0558. The van der Waals surface area contributed by atoms with Gasteiger partial charge < -0.3 is 27.6 Å². The Morgan fingerprint density at radius 2 is 0.833 bits per heavy atom. The lowest BCUT2D eigenvalue weighted by Gasteiger charge is -2.17. The van der Waals surface area contributed by atoms with Gasteiger partial charge in [0.2, 0.25) is 0 Å². The van der Waals surface area contributed by atoms with Crippen molar-refractivity contribution in [2.45, 2.75) is 27.7 Å². The Bertz CT molecular complexity index is 335. The van der Waals surface area contributed by atoms with Crippen LogP contribution in [0.4, 0.5) is 0 Å². The second-order valence-corrected chi connectivity index (χ2v) is 8.94. The van der Waals surface area contributed by atoms with Gasteiger partial charge in [-0.15, -0.1) is 0 Å². The molecule has 0 aromatic carbocycles. The van der Waals surface area contributed by atoms with Gasteiger partial charge in [-0.3, -0.25) is 9.13 Å². The number of rotatable bonds is 17. The molecule has 10 heteroatoms. The van der Waals surface area contributed by atoms with E-state index < -0.39 is 15.2 Å². The zero-order chi connectivity index (χ0) is 18.3. The summed E-state index contributed by atoms with van der Waals surface area (Å²) in [5.41, 5.74) is 0. The summed E-state index contributed by atoms with van der Waals surface area (Å²) in [6.07, 6.45) is 0.414. The molecule has 0 bridgehead atoms. The predicted octanol–water partition coefficient (Wildman–Crippen LogP) is 3.55. The highest BCUT2D eigenvalue weighted by Crippen LogP contribution is 2.48. The Kier molecular flexibility index (Phi) is 14.5. The van der Waals surface area contributed by atoms with Gasteiger partial charge in [-0.2, -0.15) is 0 Å². The first-order chi connectivity index (χ1) is 11.4. The summed E-state index contributed by atoms with van der Waals surface area (Å²) in [4.78, 5) is 0. The van der Waals surface area contributed by atoms with Gasteiger partial charge in [0.15, 0.2) is 0 Å². The van der Waals surface area contributed by atoms with Gasteiger partial charge in [-0.1, -0.05) is 0 Å². The molecule has 0 radical (unpaired) electrons. The molecule has 0 spiro atoms. The van der Waals surface area contributed by atoms with E-state index in [2.05, 4.69) is 0 Å².